The van der Waals surface area contributed by atoms with Crippen molar-refractivity contribution < 1.29 is 9.53 Å². The maximum atomic E-state index is 11.2. The van der Waals surface area contributed by atoms with Gasteiger partial charge in [0.2, 0.25) is 0 Å². The maximum Gasteiger partial charge on any atom is 0.324 e. The van der Waals surface area contributed by atoms with Crippen LogP contribution in [0.2, 0.25) is 0 Å². The number of hydrazine groups is 1. The van der Waals surface area contributed by atoms with Crippen molar-refractivity contribution in [2.24, 2.45) is 0 Å². The molecule has 0 saturated heterocycles. The molecule has 0 aromatic heterocycles. The summed E-state index contributed by atoms with van der Waals surface area (Å²) in [7, 11) is 3.66. The number of carbonyl (C=O) groups is 1. The number of ether oxygens (including phenoxy) is 1. The van der Waals surface area contributed by atoms with Crippen molar-refractivity contribution in [3.05, 3.63) is 36.4 Å². The number of hydrogen-bond donors (Lipinski definition) is 1. The molecule has 1 atom stereocenters. The Morgan fingerprint density at radius 3 is 1.67 bits per heavy atom. The monoisotopic (exact) mass is 252 g/mol. The van der Waals surface area contributed by atoms with E-state index in [0.717, 1.165) is 0 Å². The Bertz CT molecular complexity index is 286. The molecule has 4 nitrogen and oxygen atoms in total. The molecule has 0 radical (unpaired) electrons. The molecule has 1 aromatic carbocycles. The van der Waals surface area contributed by atoms with E-state index in [9.17, 15) is 4.79 Å². The largest absolute Gasteiger partial charge is 0.462 e. The van der Waals surface area contributed by atoms with Crippen LogP contribution >= 0.6 is 0 Å². The van der Waals surface area contributed by atoms with Crippen molar-refractivity contribution in [1.29, 1.82) is 0 Å². The zero-order chi connectivity index (χ0) is 14.0. The second-order valence-corrected chi connectivity index (χ2v) is 4.39. The highest BCUT2D eigenvalue weighted by Gasteiger charge is 2.15. The summed E-state index contributed by atoms with van der Waals surface area (Å²) in [6.45, 7) is 5.44. The van der Waals surface area contributed by atoms with E-state index in [1.54, 1.807) is 11.9 Å². The molecular formula is C14H24N2O2. The van der Waals surface area contributed by atoms with Gasteiger partial charge in [-0.15, -0.1) is 0 Å². The van der Waals surface area contributed by atoms with E-state index < -0.39 is 0 Å². The lowest BCUT2D eigenvalue weighted by atomic mass is 10.3. The second kappa shape index (κ2) is 9.62. The van der Waals surface area contributed by atoms with E-state index in [4.69, 9.17) is 4.74 Å². The highest BCUT2D eigenvalue weighted by molar-refractivity contribution is 5.75. The van der Waals surface area contributed by atoms with Crippen molar-refractivity contribution >= 4 is 5.97 Å². The number of benzene rings is 1. The van der Waals surface area contributed by atoms with E-state index in [-0.39, 0.29) is 18.1 Å². The van der Waals surface area contributed by atoms with Gasteiger partial charge in [0.1, 0.15) is 6.04 Å². The Kier molecular flexibility index (Phi) is 8.88. The summed E-state index contributed by atoms with van der Waals surface area (Å²) in [4.78, 5) is 11.2. The number of carbonyl (C=O) groups excluding carboxylic acids is 1. The molecule has 0 saturated carbocycles. The van der Waals surface area contributed by atoms with Crippen LogP contribution in [0.3, 0.4) is 0 Å². The van der Waals surface area contributed by atoms with E-state index in [1.165, 1.54) is 0 Å². The molecule has 4 heteroatoms. The third-order valence-electron chi connectivity index (χ3n) is 1.82. The summed E-state index contributed by atoms with van der Waals surface area (Å²) >= 11 is 0. The van der Waals surface area contributed by atoms with Crippen LogP contribution in [0, 0.1) is 0 Å². The molecule has 0 spiro atoms. The molecule has 0 aliphatic heterocycles. The molecule has 1 N–H and O–H groups in total. The van der Waals surface area contributed by atoms with Crippen LogP contribution in [0.15, 0.2) is 36.4 Å². The highest BCUT2D eigenvalue weighted by Crippen LogP contribution is 1.93. The van der Waals surface area contributed by atoms with Gasteiger partial charge in [-0.25, -0.2) is 10.4 Å². The Morgan fingerprint density at radius 2 is 1.39 bits per heavy atom. The quantitative estimate of drug-likeness (QED) is 0.658. The third-order valence-corrected chi connectivity index (χ3v) is 1.82. The minimum Gasteiger partial charge on any atom is -0.462 e. The smallest absolute Gasteiger partial charge is 0.324 e. The molecule has 1 unspecified atom stereocenters. The summed E-state index contributed by atoms with van der Waals surface area (Å²) in [5, 5.41) is 1.73. The SMILES string of the molecule is CC(C)OC(=O)C(C)NN(C)C.c1ccccc1. The third kappa shape index (κ3) is 9.81. The van der Waals surface area contributed by atoms with Gasteiger partial charge in [-0.3, -0.25) is 4.79 Å². The van der Waals surface area contributed by atoms with Crippen LogP contribution in [0.25, 0.3) is 0 Å². The van der Waals surface area contributed by atoms with Crippen molar-refractivity contribution in [2.75, 3.05) is 14.1 Å². The van der Waals surface area contributed by atoms with Gasteiger partial charge in [0.05, 0.1) is 6.10 Å². The lowest BCUT2D eigenvalue weighted by Crippen LogP contribution is -2.44. The predicted molar refractivity (Wildman–Crippen MR) is 74.0 cm³/mol. The first-order chi connectivity index (χ1) is 8.43. The summed E-state index contributed by atoms with van der Waals surface area (Å²) in [5.74, 6) is -0.223. The molecule has 18 heavy (non-hydrogen) atoms. The van der Waals surface area contributed by atoms with Crippen molar-refractivity contribution in [3.8, 4) is 0 Å². The summed E-state index contributed by atoms with van der Waals surface area (Å²) < 4.78 is 4.98. The average molecular weight is 252 g/mol. The molecule has 102 valence electrons. The van der Waals surface area contributed by atoms with Gasteiger partial charge < -0.3 is 4.74 Å². The van der Waals surface area contributed by atoms with Gasteiger partial charge in [-0.1, -0.05) is 36.4 Å². The lowest BCUT2D eigenvalue weighted by molar-refractivity contribution is -0.150. The van der Waals surface area contributed by atoms with E-state index in [1.807, 2.05) is 64.3 Å². The molecule has 1 aromatic rings. The Morgan fingerprint density at radius 1 is 1.00 bits per heavy atom. The average Bonchev–Trinajstić information content (AvgIpc) is 2.30. The molecule has 0 aliphatic carbocycles. The van der Waals surface area contributed by atoms with Crippen molar-refractivity contribution in [1.82, 2.24) is 10.4 Å². The van der Waals surface area contributed by atoms with Crippen LogP contribution in [0.5, 0.6) is 0 Å². The van der Waals surface area contributed by atoms with E-state index >= 15 is 0 Å². The molecule has 0 heterocycles. The first kappa shape index (κ1) is 16.6. The van der Waals surface area contributed by atoms with Crippen LogP contribution in [0.1, 0.15) is 20.8 Å². The van der Waals surface area contributed by atoms with Crippen LogP contribution in [0.4, 0.5) is 0 Å². The predicted octanol–water partition coefficient (Wildman–Crippen LogP) is 2.08. The summed E-state index contributed by atoms with van der Waals surface area (Å²) in [6, 6.07) is 11.7. The fourth-order valence-electron chi connectivity index (χ4n) is 1.16. The van der Waals surface area contributed by atoms with Gasteiger partial charge >= 0.3 is 5.97 Å². The standard InChI is InChI=1S/C8H18N2O2.C6H6/c1-6(2)12-8(11)7(3)9-10(4)5;1-2-4-6-5-3-1/h6-7,9H,1-5H3;1-6H. The normalized spacial score (nSPS) is 11.7. The number of nitrogens with zero attached hydrogens (tertiary/aromatic N) is 1. The zero-order valence-electron chi connectivity index (χ0n) is 11.9. The van der Waals surface area contributed by atoms with E-state index in [0.29, 0.717) is 0 Å². The van der Waals surface area contributed by atoms with E-state index in [2.05, 4.69) is 5.43 Å². The second-order valence-electron chi connectivity index (χ2n) is 4.39. The molecule has 0 aliphatic rings. The van der Waals surface area contributed by atoms with Gasteiger partial charge in [0.15, 0.2) is 0 Å². The first-order valence-corrected chi connectivity index (χ1v) is 6.07. The Balaban J connectivity index is 0.000000397. The lowest BCUT2D eigenvalue weighted by Gasteiger charge is -2.19. The highest BCUT2D eigenvalue weighted by atomic mass is 16.5. The topological polar surface area (TPSA) is 41.6 Å². The molecule has 0 bridgehead atoms. The number of esters is 1. The maximum absolute atomic E-state index is 11.2. The number of nitrogens with one attached hydrogen (secondary N) is 1. The van der Waals surface area contributed by atoms with Crippen molar-refractivity contribution in [3.63, 3.8) is 0 Å². The van der Waals surface area contributed by atoms with Gasteiger partial charge in [0, 0.05) is 14.1 Å². The summed E-state index contributed by atoms with van der Waals surface area (Å²) in [6.07, 6.45) is -0.0519. The zero-order valence-corrected chi connectivity index (χ0v) is 11.9. The fourth-order valence-corrected chi connectivity index (χ4v) is 1.16. The van der Waals surface area contributed by atoms with Crippen molar-refractivity contribution in [2.45, 2.75) is 32.9 Å². The fraction of sp³-hybridized carbons (Fsp3) is 0.500. The Labute approximate surface area is 110 Å². The first-order valence-electron chi connectivity index (χ1n) is 6.07. The molecular weight excluding hydrogens is 228 g/mol. The molecule has 0 fully saturated rings. The number of hydrogen-bond acceptors (Lipinski definition) is 4. The molecule has 1 rings (SSSR count). The van der Waals surface area contributed by atoms with Crippen LogP contribution < -0.4 is 5.43 Å². The Hall–Kier alpha value is -1.39. The van der Waals surface area contributed by atoms with Crippen LogP contribution in [-0.4, -0.2) is 37.2 Å². The van der Waals surface area contributed by atoms with Gasteiger partial charge in [-0.2, -0.15) is 0 Å². The minimum atomic E-state index is -0.289. The van der Waals surface area contributed by atoms with Crippen LogP contribution in [-0.2, 0) is 9.53 Å². The van der Waals surface area contributed by atoms with Gasteiger partial charge in [-0.05, 0) is 20.8 Å². The number of rotatable bonds is 4. The summed E-state index contributed by atoms with van der Waals surface area (Å²) in [5.41, 5.74) is 2.91. The minimum absolute atomic E-state index is 0.0519. The van der Waals surface area contributed by atoms with Gasteiger partial charge in [0.25, 0.3) is 0 Å². The molecule has 0 amide bonds.